The maximum atomic E-state index is 13.2. The third-order valence-corrected chi connectivity index (χ3v) is 6.28. The summed E-state index contributed by atoms with van der Waals surface area (Å²) in [5.74, 6) is -0.748. The number of urea groups is 1. The zero-order valence-corrected chi connectivity index (χ0v) is 21.3. The van der Waals surface area contributed by atoms with Gasteiger partial charge in [-0.15, -0.1) is 0 Å². The molecule has 1 saturated heterocycles. The van der Waals surface area contributed by atoms with Crippen LogP contribution >= 0.6 is 15.9 Å². The average molecular weight is 533 g/mol. The highest BCUT2D eigenvalue weighted by atomic mass is 79.9. The van der Waals surface area contributed by atoms with E-state index in [1.807, 2.05) is 32.9 Å². The number of imide groups is 2. The summed E-state index contributed by atoms with van der Waals surface area (Å²) in [5, 5.41) is 2.28. The molecule has 0 aliphatic carbocycles. The van der Waals surface area contributed by atoms with Crippen molar-refractivity contribution in [2.45, 2.75) is 33.8 Å². The fourth-order valence-electron chi connectivity index (χ4n) is 4.11. The third-order valence-electron chi connectivity index (χ3n) is 5.66. The number of nitrogens with zero attached hydrogens (tertiary/aromatic N) is 1. The maximum absolute atomic E-state index is 13.2. The van der Waals surface area contributed by atoms with Crippen LogP contribution in [0.3, 0.4) is 0 Å². The first-order chi connectivity index (χ1) is 16.8. The van der Waals surface area contributed by atoms with Crippen LogP contribution < -0.4 is 15.0 Å². The van der Waals surface area contributed by atoms with Crippen LogP contribution in [0.2, 0.25) is 0 Å². The second-order valence-corrected chi connectivity index (χ2v) is 9.27. The van der Waals surface area contributed by atoms with Crippen LogP contribution in [-0.4, -0.2) is 17.8 Å². The standard InChI is InChI=1S/C28H25BrN2O4/c1-4-21-7-5-6-8-24(21)31-27(33)22(26(32)30-28(31)34)14-19-9-10-25(23(29)15-19)35-16-20-12-17(2)11-18(3)13-20/h5-15H,4,16H2,1-3H3,(H,30,32,34)/b22-14-. The molecule has 1 aliphatic rings. The molecule has 1 N–H and O–H groups in total. The van der Waals surface area contributed by atoms with E-state index in [-0.39, 0.29) is 5.57 Å². The molecule has 0 atom stereocenters. The first kappa shape index (κ1) is 24.4. The number of halogens is 1. The molecule has 1 aliphatic heterocycles. The number of rotatable bonds is 6. The van der Waals surface area contributed by atoms with Crippen molar-refractivity contribution < 1.29 is 19.1 Å². The zero-order chi connectivity index (χ0) is 25.1. The third kappa shape index (κ3) is 5.35. The number of carbonyl (C=O) groups is 3. The van der Waals surface area contributed by atoms with Crippen LogP contribution in [0.5, 0.6) is 5.75 Å². The highest BCUT2D eigenvalue weighted by Gasteiger charge is 2.37. The number of amides is 4. The molecule has 178 valence electrons. The molecule has 4 amide bonds. The Balaban J connectivity index is 1.58. The molecule has 3 aromatic rings. The second kappa shape index (κ2) is 10.3. The van der Waals surface area contributed by atoms with E-state index in [4.69, 9.17) is 4.74 Å². The quantitative estimate of drug-likeness (QED) is 0.318. The lowest BCUT2D eigenvalue weighted by Gasteiger charge is -2.28. The maximum Gasteiger partial charge on any atom is 0.335 e. The first-order valence-electron chi connectivity index (χ1n) is 11.3. The smallest absolute Gasteiger partial charge is 0.335 e. The summed E-state index contributed by atoms with van der Waals surface area (Å²) in [6.45, 7) is 6.45. The van der Waals surface area contributed by atoms with Gasteiger partial charge in [-0.25, -0.2) is 9.69 Å². The van der Waals surface area contributed by atoms with Gasteiger partial charge in [-0.05, 0) is 77.2 Å². The van der Waals surface area contributed by atoms with Crippen LogP contribution in [0.4, 0.5) is 10.5 Å². The summed E-state index contributed by atoms with van der Waals surface area (Å²) >= 11 is 3.52. The van der Waals surface area contributed by atoms with E-state index >= 15 is 0 Å². The molecule has 1 heterocycles. The Labute approximate surface area is 212 Å². The zero-order valence-electron chi connectivity index (χ0n) is 19.7. The fraction of sp³-hybridized carbons (Fsp3) is 0.179. The highest BCUT2D eigenvalue weighted by molar-refractivity contribution is 9.10. The van der Waals surface area contributed by atoms with Gasteiger partial charge < -0.3 is 4.74 Å². The van der Waals surface area contributed by atoms with Crippen LogP contribution in [0.25, 0.3) is 6.08 Å². The molecule has 4 rings (SSSR count). The predicted octanol–water partition coefficient (Wildman–Crippen LogP) is 5.87. The molecule has 0 bridgehead atoms. The van der Waals surface area contributed by atoms with Gasteiger partial charge in [0, 0.05) is 0 Å². The summed E-state index contributed by atoms with van der Waals surface area (Å²) in [6, 6.07) is 18.0. The van der Waals surface area contributed by atoms with E-state index in [0.29, 0.717) is 34.5 Å². The largest absolute Gasteiger partial charge is 0.488 e. The van der Waals surface area contributed by atoms with Gasteiger partial charge in [0.15, 0.2) is 0 Å². The van der Waals surface area contributed by atoms with Gasteiger partial charge >= 0.3 is 6.03 Å². The summed E-state index contributed by atoms with van der Waals surface area (Å²) in [7, 11) is 0. The molecular formula is C28H25BrN2O4. The SMILES string of the molecule is CCc1ccccc1N1C(=O)NC(=O)/C(=C/c2ccc(OCc3cc(C)cc(C)c3)c(Br)c2)C1=O. The molecule has 3 aromatic carbocycles. The Bertz CT molecular complexity index is 1340. The Hall–Kier alpha value is -3.71. The van der Waals surface area contributed by atoms with Crippen LogP contribution in [0, 0.1) is 13.8 Å². The minimum Gasteiger partial charge on any atom is -0.488 e. The molecule has 0 unspecified atom stereocenters. The van der Waals surface area contributed by atoms with E-state index < -0.39 is 17.8 Å². The van der Waals surface area contributed by atoms with Crippen LogP contribution in [0.1, 0.15) is 34.7 Å². The highest BCUT2D eigenvalue weighted by Crippen LogP contribution is 2.30. The topological polar surface area (TPSA) is 75.7 Å². The molecule has 35 heavy (non-hydrogen) atoms. The number of hydrogen-bond acceptors (Lipinski definition) is 4. The molecular weight excluding hydrogens is 508 g/mol. The Morgan fingerprint density at radius 2 is 1.69 bits per heavy atom. The van der Waals surface area contributed by atoms with Crippen molar-refractivity contribution in [2.75, 3.05) is 4.90 Å². The Kier molecular flexibility index (Phi) is 7.17. The second-order valence-electron chi connectivity index (χ2n) is 8.41. The van der Waals surface area contributed by atoms with Crippen molar-refractivity contribution in [3.05, 3.63) is 98.5 Å². The monoisotopic (exact) mass is 532 g/mol. The molecule has 0 saturated carbocycles. The average Bonchev–Trinajstić information content (AvgIpc) is 2.81. The van der Waals surface area contributed by atoms with Gasteiger partial charge in [0.25, 0.3) is 11.8 Å². The van der Waals surface area contributed by atoms with Crippen molar-refractivity contribution in [3.63, 3.8) is 0 Å². The molecule has 1 fully saturated rings. The lowest BCUT2D eigenvalue weighted by Crippen LogP contribution is -2.54. The van der Waals surface area contributed by atoms with E-state index in [9.17, 15) is 14.4 Å². The van der Waals surface area contributed by atoms with E-state index in [2.05, 4.69) is 39.4 Å². The molecule has 7 heteroatoms. The van der Waals surface area contributed by atoms with E-state index in [0.717, 1.165) is 16.0 Å². The summed E-state index contributed by atoms with van der Waals surface area (Å²) in [4.78, 5) is 39.3. The van der Waals surface area contributed by atoms with Crippen molar-refractivity contribution in [1.82, 2.24) is 5.32 Å². The molecule has 0 spiro atoms. The van der Waals surface area contributed by atoms with E-state index in [1.165, 1.54) is 17.2 Å². The van der Waals surface area contributed by atoms with Gasteiger partial charge in [0.2, 0.25) is 0 Å². The fourth-order valence-corrected chi connectivity index (χ4v) is 4.62. The lowest BCUT2D eigenvalue weighted by atomic mass is 10.0. The minimum atomic E-state index is -0.755. The van der Waals surface area contributed by atoms with Gasteiger partial charge in [0.1, 0.15) is 17.9 Å². The predicted molar refractivity (Wildman–Crippen MR) is 139 cm³/mol. The van der Waals surface area contributed by atoms with Gasteiger partial charge in [-0.1, -0.05) is 60.5 Å². The molecule has 6 nitrogen and oxygen atoms in total. The lowest BCUT2D eigenvalue weighted by molar-refractivity contribution is -0.122. The number of ether oxygens (including phenoxy) is 1. The Morgan fingerprint density at radius 3 is 2.37 bits per heavy atom. The minimum absolute atomic E-state index is 0.119. The van der Waals surface area contributed by atoms with Crippen molar-refractivity contribution in [2.24, 2.45) is 0 Å². The number of anilines is 1. The first-order valence-corrected chi connectivity index (χ1v) is 12.0. The van der Waals surface area contributed by atoms with Crippen molar-refractivity contribution >= 4 is 45.5 Å². The number of hydrogen-bond donors (Lipinski definition) is 1. The number of benzene rings is 3. The molecule has 0 radical (unpaired) electrons. The number of barbiturate groups is 1. The summed E-state index contributed by atoms with van der Waals surface area (Å²) in [5.41, 5.74) is 5.22. The van der Waals surface area contributed by atoms with E-state index in [1.54, 1.807) is 30.3 Å². The number of carbonyl (C=O) groups excluding carboxylic acids is 3. The van der Waals surface area contributed by atoms with Crippen molar-refractivity contribution in [3.8, 4) is 5.75 Å². The van der Waals surface area contributed by atoms with Gasteiger partial charge in [0.05, 0.1) is 10.2 Å². The number of nitrogens with one attached hydrogen (secondary N) is 1. The van der Waals surface area contributed by atoms with Gasteiger partial charge in [-0.3, -0.25) is 14.9 Å². The van der Waals surface area contributed by atoms with Gasteiger partial charge in [-0.2, -0.15) is 0 Å². The normalized spacial score (nSPS) is 14.9. The summed E-state index contributed by atoms with van der Waals surface area (Å²) in [6.07, 6.45) is 2.11. The number of aryl methyl sites for hydroxylation is 3. The number of para-hydroxylation sites is 1. The van der Waals surface area contributed by atoms with Crippen molar-refractivity contribution in [1.29, 1.82) is 0 Å². The van der Waals surface area contributed by atoms with Crippen LogP contribution in [-0.2, 0) is 22.6 Å². The Morgan fingerprint density at radius 1 is 0.971 bits per heavy atom. The molecule has 0 aromatic heterocycles. The summed E-state index contributed by atoms with van der Waals surface area (Å²) < 4.78 is 6.65. The van der Waals surface area contributed by atoms with Crippen LogP contribution in [0.15, 0.2) is 70.7 Å².